The van der Waals surface area contributed by atoms with Gasteiger partial charge in [0.15, 0.2) is 0 Å². The van der Waals surface area contributed by atoms with Crippen LogP contribution >= 0.6 is 7.26 Å². The van der Waals surface area contributed by atoms with Crippen molar-refractivity contribution >= 4 is 33.3 Å². The second kappa shape index (κ2) is 9.61. The van der Waals surface area contributed by atoms with E-state index in [2.05, 4.69) is 104 Å². The average molecular weight is 399 g/mol. The van der Waals surface area contributed by atoms with Crippen molar-refractivity contribution in [2.24, 2.45) is 0 Å². The van der Waals surface area contributed by atoms with E-state index < -0.39 is 17.4 Å². The number of rotatable bonds is 5. The topological polar surface area (TPSA) is 54.4 Å². The van der Waals surface area contributed by atoms with Crippen molar-refractivity contribution in [3.05, 3.63) is 104 Å². The summed E-state index contributed by atoms with van der Waals surface area (Å²) >= 11 is 0. The zero-order chi connectivity index (χ0) is 19.8. The Kier molecular flexibility index (Phi) is 7.49. The highest BCUT2D eigenvalue weighted by Crippen LogP contribution is 2.55. The van der Waals surface area contributed by atoms with Gasteiger partial charge in [-0.1, -0.05) is 97.1 Å². The van der Waals surface area contributed by atoms with Crippen LogP contribution < -0.4 is 15.9 Å². The summed E-state index contributed by atoms with van der Waals surface area (Å²) in [6.07, 6.45) is 3.76. The van der Waals surface area contributed by atoms with Crippen LogP contribution in [0.15, 0.2) is 104 Å². The van der Waals surface area contributed by atoms with E-state index in [9.17, 15) is 8.42 Å². The number of hydrogen-bond acceptors (Lipinski definition) is 2. The lowest BCUT2D eigenvalue weighted by Gasteiger charge is -2.37. The second-order valence-corrected chi connectivity index (χ2v) is 11.0. The van der Waals surface area contributed by atoms with Crippen LogP contribution in [0.1, 0.15) is 0 Å². The molecule has 5 heteroatoms. The van der Waals surface area contributed by atoms with Gasteiger partial charge in [-0.25, -0.2) is 0 Å². The van der Waals surface area contributed by atoms with Gasteiger partial charge in [0.1, 0.15) is 0 Å². The molecule has 0 bridgehead atoms. The predicted octanol–water partition coefficient (Wildman–Crippen LogP) is 3.67. The van der Waals surface area contributed by atoms with Gasteiger partial charge < -0.3 is 0 Å². The van der Waals surface area contributed by atoms with Crippen molar-refractivity contribution in [3.63, 3.8) is 0 Å². The Hall–Kier alpha value is -2.26. The maximum absolute atomic E-state index is 9.19. The van der Waals surface area contributed by atoms with Crippen molar-refractivity contribution in [3.8, 4) is 0 Å². The van der Waals surface area contributed by atoms with Crippen molar-refractivity contribution in [2.45, 2.75) is 0 Å². The monoisotopic (exact) mass is 399 g/mol. The minimum atomic E-state index is -3.67. The molecule has 1 radical (unpaired) electrons. The van der Waals surface area contributed by atoms with Gasteiger partial charge in [0.25, 0.3) is 10.1 Å². The molecule has 1 N–H and O–H groups in total. The zero-order valence-corrected chi connectivity index (χ0v) is 17.0. The Bertz CT molecular complexity index is 836. The SMILES string of the molecule is C=CC[P](c1ccccc1)(c1ccccc1)c1ccccc1.CS(=O)(=O)O. The van der Waals surface area contributed by atoms with Gasteiger partial charge in [0.05, 0.1) is 6.26 Å². The van der Waals surface area contributed by atoms with E-state index in [0.717, 1.165) is 6.16 Å². The summed E-state index contributed by atoms with van der Waals surface area (Å²) in [6, 6.07) is 32.7. The van der Waals surface area contributed by atoms with E-state index in [-0.39, 0.29) is 0 Å². The lowest BCUT2D eigenvalue weighted by molar-refractivity contribution is 0.490. The van der Waals surface area contributed by atoms with Crippen molar-refractivity contribution in [1.82, 2.24) is 0 Å². The molecule has 0 saturated heterocycles. The summed E-state index contributed by atoms with van der Waals surface area (Å²) in [5.74, 6) is 0. The fourth-order valence-electron chi connectivity index (χ4n) is 3.00. The number of benzene rings is 3. The Morgan fingerprint density at radius 1 is 0.778 bits per heavy atom. The summed E-state index contributed by atoms with van der Waals surface area (Å²) < 4.78 is 25.9. The van der Waals surface area contributed by atoms with Crippen LogP contribution in [0.5, 0.6) is 0 Å². The molecule has 0 heterocycles. The Balaban J connectivity index is 0.000000465. The van der Waals surface area contributed by atoms with E-state index in [1.165, 1.54) is 15.9 Å². The first-order chi connectivity index (χ1) is 12.9. The van der Waals surface area contributed by atoms with Crippen LogP contribution in [0.25, 0.3) is 0 Å². The molecule has 0 aliphatic carbocycles. The first-order valence-corrected chi connectivity index (χ1v) is 12.3. The molecule has 3 nitrogen and oxygen atoms in total. The quantitative estimate of drug-likeness (QED) is 0.405. The van der Waals surface area contributed by atoms with Crippen molar-refractivity contribution in [1.29, 1.82) is 0 Å². The molecular weight excluding hydrogens is 375 g/mol. The highest BCUT2D eigenvalue weighted by molar-refractivity contribution is 7.95. The van der Waals surface area contributed by atoms with Gasteiger partial charge in [0, 0.05) is 0 Å². The maximum atomic E-state index is 9.19. The smallest absolute Gasteiger partial charge is 0.261 e. The maximum Gasteiger partial charge on any atom is 0.261 e. The molecule has 0 aromatic heterocycles. The summed E-state index contributed by atoms with van der Waals surface area (Å²) in [6.45, 7) is 4.05. The van der Waals surface area contributed by atoms with E-state index in [0.29, 0.717) is 6.26 Å². The van der Waals surface area contributed by atoms with Crippen molar-refractivity contribution in [2.75, 3.05) is 12.4 Å². The van der Waals surface area contributed by atoms with E-state index >= 15 is 0 Å². The highest BCUT2D eigenvalue weighted by Gasteiger charge is 2.32. The van der Waals surface area contributed by atoms with Gasteiger partial charge in [-0.3, -0.25) is 4.55 Å². The molecule has 3 rings (SSSR count). The third-order valence-electron chi connectivity index (χ3n) is 3.99. The molecule has 3 aromatic rings. The van der Waals surface area contributed by atoms with Crippen LogP contribution in [0.2, 0.25) is 0 Å². The summed E-state index contributed by atoms with van der Waals surface area (Å²) in [4.78, 5) is 0. The van der Waals surface area contributed by atoms with E-state index in [1.54, 1.807) is 0 Å². The lowest BCUT2D eigenvalue weighted by atomic mass is 10.4. The van der Waals surface area contributed by atoms with Crippen LogP contribution in [0.3, 0.4) is 0 Å². The average Bonchev–Trinajstić information content (AvgIpc) is 2.67. The molecule has 0 spiro atoms. The number of hydrogen-bond donors (Lipinski definition) is 1. The van der Waals surface area contributed by atoms with Gasteiger partial charge >= 0.3 is 0 Å². The van der Waals surface area contributed by atoms with Gasteiger partial charge in [-0.05, 0) is 29.3 Å². The minimum absolute atomic E-state index is 0.715. The Labute approximate surface area is 162 Å². The Morgan fingerprint density at radius 2 is 1.04 bits per heavy atom. The summed E-state index contributed by atoms with van der Waals surface area (Å²) in [5, 5.41) is 4.23. The molecule has 0 aliphatic heterocycles. The van der Waals surface area contributed by atoms with Gasteiger partial charge in [-0.15, -0.1) is 6.58 Å². The molecule has 0 amide bonds. The third kappa shape index (κ3) is 5.86. The third-order valence-corrected chi connectivity index (χ3v) is 8.34. The standard InChI is InChI=1S/C21H20P.CH4O3S/c1-2-18-22(19-12-6-3-7-13-19,20-14-8-4-9-15-20)21-16-10-5-11-17-21;1-5(2,3)4/h2-17H,1,18H2;1H3,(H,2,3,4). The largest absolute Gasteiger partial charge is 0.286 e. The zero-order valence-electron chi connectivity index (χ0n) is 15.3. The molecule has 0 saturated carbocycles. The fraction of sp³-hybridized carbons (Fsp3) is 0.0909. The second-order valence-electron chi connectivity index (χ2n) is 6.02. The molecule has 0 atom stereocenters. The van der Waals surface area contributed by atoms with Crippen molar-refractivity contribution < 1.29 is 13.0 Å². The molecule has 0 aliphatic rings. The van der Waals surface area contributed by atoms with Crippen LogP contribution in [0.4, 0.5) is 0 Å². The molecule has 3 aromatic carbocycles. The Morgan fingerprint density at radius 3 is 1.26 bits per heavy atom. The molecule has 141 valence electrons. The number of allylic oxidation sites excluding steroid dienone is 1. The summed E-state index contributed by atoms with van der Waals surface area (Å²) in [5.41, 5.74) is 0. The van der Waals surface area contributed by atoms with Gasteiger partial charge in [-0.2, -0.15) is 8.42 Å². The minimum Gasteiger partial charge on any atom is -0.286 e. The van der Waals surface area contributed by atoms with E-state index in [1.807, 2.05) is 0 Å². The highest BCUT2D eigenvalue weighted by atomic mass is 32.2. The van der Waals surface area contributed by atoms with E-state index in [4.69, 9.17) is 4.55 Å². The normalized spacial score (nSPS) is 11.2. The van der Waals surface area contributed by atoms with Crippen LogP contribution in [-0.2, 0) is 10.1 Å². The first kappa shape index (κ1) is 21.0. The first-order valence-electron chi connectivity index (χ1n) is 8.46. The molecular formula is C22H24O3PS. The fourth-order valence-corrected chi connectivity index (χ4v) is 6.96. The predicted molar refractivity (Wildman–Crippen MR) is 118 cm³/mol. The summed E-state index contributed by atoms with van der Waals surface area (Å²) in [7, 11) is -5.34. The molecule has 0 fully saturated rings. The molecule has 27 heavy (non-hydrogen) atoms. The molecule has 0 unspecified atom stereocenters. The van der Waals surface area contributed by atoms with Gasteiger partial charge in [0.2, 0.25) is 0 Å². The van der Waals surface area contributed by atoms with Crippen LogP contribution in [-0.4, -0.2) is 25.4 Å². The lowest BCUT2D eigenvalue weighted by Crippen LogP contribution is -2.32. The van der Waals surface area contributed by atoms with Crippen LogP contribution in [0, 0.1) is 0 Å².